The van der Waals surface area contributed by atoms with Crippen LogP contribution in [-0.2, 0) is 15.6 Å². The molecule has 2 rings (SSSR count). The average Bonchev–Trinajstić information content (AvgIpc) is 2.35. The molecule has 0 radical (unpaired) electrons. The molecule has 0 aliphatic carbocycles. The van der Waals surface area contributed by atoms with Gasteiger partial charge >= 0.3 is 0 Å². The number of rotatable bonds is 5. The van der Waals surface area contributed by atoms with E-state index in [1.807, 2.05) is 0 Å². The van der Waals surface area contributed by atoms with Crippen LogP contribution in [0.15, 0.2) is 0 Å². The van der Waals surface area contributed by atoms with Crippen LogP contribution in [0.25, 0.3) is 0 Å². The molecule has 0 saturated carbocycles. The maximum atomic E-state index is 12.4. The highest BCUT2D eigenvalue weighted by molar-refractivity contribution is 7.86. The van der Waals surface area contributed by atoms with Crippen LogP contribution >= 0.6 is 0 Å². The van der Waals surface area contributed by atoms with Crippen molar-refractivity contribution in [3.63, 3.8) is 0 Å². The Morgan fingerprint density at radius 3 is 2.22 bits per heavy atom. The van der Waals surface area contributed by atoms with Crippen LogP contribution in [0.1, 0.15) is 65.2 Å². The Kier molecular flexibility index (Phi) is 4.99. The van der Waals surface area contributed by atoms with Gasteiger partial charge in [0, 0.05) is 33.6 Å². The Bertz CT molecular complexity index is 306. The molecular formula is C15H26O2S. The maximum absolute atomic E-state index is 12.4. The van der Waals surface area contributed by atoms with Crippen LogP contribution in [0, 0.1) is 11.8 Å². The van der Waals surface area contributed by atoms with Crippen LogP contribution in [0.5, 0.6) is 0 Å². The number of hydrogen-bond acceptors (Lipinski definition) is 2. The van der Waals surface area contributed by atoms with E-state index in [0.717, 1.165) is 44.9 Å². The lowest BCUT2D eigenvalue weighted by Crippen LogP contribution is -2.41. The highest BCUT2D eigenvalue weighted by Gasteiger charge is 2.40. The van der Waals surface area contributed by atoms with E-state index in [1.165, 1.54) is 6.42 Å². The highest BCUT2D eigenvalue weighted by atomic mass is 32.2. The maximum Gasteiger partial charge on any atom is 0.136 e. The summed E-state index contributed by atoms with van der Waals surface area (Å²) in [7, 11) is -0.642. The summed E-state index contributed by atoms with van der Waals surface area (Å²) in [5.41, 5.74) is 0. The first-order chi connectivity index (χ1) is 8.65. The van der Waals surface area contributed by atoms with Crippen molar-refractivity contribution in [1.82, 2.24) is 0 Å². The molecule has 0 aromatic carbocycles. The fourth-order valence-electron chi connectivity index (χ4n) is 3.53. The van der Waals surface area contributed by atoms with Crippen molar-refractivity contribution in [2.24, 2.45) is 11.8 Å². The van der Waals surface area contributed by atoms with Crippen molar-refractivity contribution in [1.29, 1.82) is 0 Å². The molecule has 2 unspecified atom stereocenters. The summed E-state index contributed by atoms with van der Waals surface area (Å²) in [6, 6.07) is 0. The van der Waals surface area contributed by atoms with Gasteiger partial charge in [-0.25, -0.2) is 0 Å². The van der Waals surface area contributed by atoms with E-state index in [4.69, 9.17) is 0 Å². The second-order valence-corrected chi connectivity index (χ2v) is 8.02. The van der Waals surface area contributed by atoms with Crippen LogP contribution in [0.2, 0.25) is 0 Å². The van der Waals surface area contributed by atoms with Crippen molar-refractivity contribution < 1.29 is 9.00 Å². The van der Waals surface area contributed by atoms with Crippen molar-refractivity contribution in [2.75, 3.05) is 0 Å². The van der Waals surface area contributed by atoms with Crippen molar-refractivity contribution in [2.45, 2.75) is 75.7 Å². The summed E-state index contributed by atoms with van der Waals surface area (Å²) in [6.07, 6.45) is 8.15. The van der Waals surface area contributed by atoms with Gasteiger partial charge in [0.25, 0.3) is 0 Å². The number of Topliss-reactive ketones (excluding diaryl/α,β-unsaturated/α-hetero) is 1. The van der Waals surface area contributed by atoms with Gasteiger partial charge in [0.1, 0.15) is 5.78 Å². The van der Waals surface area contributed by atoms with Gasteiger partial charge in [-0.1, -0.05) is 33.1 Å². The number of fused-ring (bicyclic) bond motifs is 2. The first-order valence-corrected chi connectivity index (χ1v) is 8.85. The zero-order valence-corrected chi connectivity index (χ0v) is 12.5. The summed E-state index contributed by atoms with van der Waals surface area (Å²) in [5.74, 6) is 1.24. The Labute approximate surface area is 113 Å². The third-order valence-electron chi connectivity index (χ3n) is 4.90. The van der Waals surface area contributed by atoms with Gasteiger partial charge in [0.05, 0.1) is 0 Å². The second kappa shape index (κ2) is 6.31. The number of carbonyl (C=O) groups excluding carboxylic acids is 1. The summed E-state index contributed by atoms with van der Waals surface area (Å²) in [5, 5.41) is 0.654. The van der Waals surface area contributed by atoms with Crippen molar-refractivity contribution in [3.05, 3.63) is 0 Å². The Hall–Kier alpha value is -0.180. The highest BCUT2D eigenvalue weighted by Crippen LogP contribution is 2.38. The van der Waals surface area contributed by atoms with Gasteiger partial charge in [0.2, 0.25) is 0 Å². The minimum Gasteiger partial charge on any atom is -0.299 e. The third kappa shape index (κ3) is 3.04. The zero-order valence-electron chi connectivity index (χ0n) is 11.7. The molecule has 2 nitrogen and oxygen atoms in total. The second-order valence-electron chi connectivity index (χ2n) is 6.02. The molecule has 104 valence electrons. The van der Waals surface area contributed by atoms with Gasteiger partial charge in [-0.05, 0) is 31.6 Å². The molecule has 2 aliphatic heterocycles. The lowest BCUT2D eigenvalue weighted by molar-refractivity contribution is -0.124. The monoisotopic (exact) mass is 270 g/mol. The molecule has 2 bridgehead atoms. The molecular weight excluding hydrogens is 244 g/mol. The lowest BCUT2D eigenvalue weighted by Gasteiger charge is -2.38. The predicted molar refractivity (Wildman–Crippen MR) is 76.0 cm³/mol. The van der Waals surface area contributed by atoms with E-state index in [-0.39, 0.29) is 5.92 Å². The summed E-state index contributed by atoms with van der Waals surface area (Å²) >= 11 is 0. The number of ketones is 1. The van der Waals surface area contributed by atoms with Crippen LogP contribution in [-0.4, -0.2) is 20.5 Å². The summed E-state index contributed by atoms with van der Waals surface area (Å²) in [6.45, 7) is 4.35. The van der Waals surface area contributed by atoms with E-state index in [0.29, 0.717) is 22.2 Å². The van der Waals surface area contributed by atoms with Crippen molar-refractivity contribution >= 4 is 16.6 Å². The Morgan fingerprint density at radius 2 is 1.72 bits per heavy atom. The average molecular weight is 270 g/mol. The molecule has 0 aromatic heterocycles. The van der Waals surface area contributed by atoms with Crippen LogP contribution in [0.4, 0.5) is 0 Å². The van der Waals surface area contributed by atoms with Crippen molar-refractivity contribution in [3.8, 4) is 0 Å². The third-order valence-corrected chi connectivity index (χ3v) is 7.07. The molecule has 0 N–H and O–H groups in total. The molecule has 0 amide bonds. The van der Waals surface area contributed by atoms with Gasteiger partial charge in [-0.15, -0.1) is 0 Å². The Morgan fingerprint density at radius 1 is 1.17 bits per heavy atom. The van der Waals surface area contributed by atoms with E-state index < -0.39 is 10.8 Å². The number of hydrogen-bond donors (Lipinski definition) is 0. The first kappa shape index (κ1) is 14.2. The zero-order chi connectivity index (χ0) is 13.1. The fourth-order valence-corrected chi connectivity index (χ4v) is 5.71. The topological polar surface area (TPSA) is 34.1 Å². The lowest BCUT2D eigenvalue weighted by atomic mass is 9.83. The van der Waals surface area contributed by atoms with E-state index in [9.17, 15) is 9.00 Å². The molecule has 2 fully saturated rings. The van der Waals surface area contributed by atoms with E-state index in [1.54, 1.807) is 0 Å². The first-order valence-electron chi connectivity index (χ1n) is 7.57. The SMILES string of the molecule is CCC(CC)CC(=O)C1CC2CCCC(C1)S2=O. The predicted octanol–water partition coefficient (Wildman–Crippen LogP) is 3.46. The number of carbonyl (C=O) groups is 1. The summed E-state index contributed by atoms with van der Waals surface area (Å²) in [4.78, 5) is 12.4. The molecule has 2 aliphatic rings. The molecule has 18 heavy (non-hydrogen) atoms. The van der Waals surface area contributed by atoms with E-state index in [2.05, 4.69) is 13.8 Å². The summed E-state index contributed by atoms with van der Waals surface area (Å²) < 4.78 is 12.1. The Balaban J connectivity index is 1.94. The van der Waals surface area contributed by atoms with Gasteiger partial charge < -0.3 is 0 Å². The van der Waals surface area contributed by atoms with Gasteiger partial charge in [0.15, 0.2) is 0 Å². The fraction of sp³-hybridized carbons (Fsp3) is 0.933. The minimum absolute atomic E-state index is 0.221. The van der Waals surface area contributed by atoms with E-state index >= 15 is 0 Å². The van der Waals surface area contributed by atoms with Crippen LogP contribution in [0.3, 0.4) is 0 Å². The smallest absolute Gasteiger partial charge is 0.136 e. The van der Waals surface area contributed by atoms with Gasteiger partial charge in [-0.2, -0.15) is 0 Å². The largest absolute Gasteiger partial charge is 0.299 e. The molecule has 2 atom stereocenters. The molecule has 3 heteroatoms. The molecule has 0 aromatic rings. The minimum atomic E-state index is -0.642. The van der Waals surface area contributed by atoms with Gasteiger partial charge in [-0.3, -0.25) is 9.00 Å². The molecule has 2 heterocycles. The van der Waals surface area contributed by atoms with Crippen LogP contribution < -0.4 is 0 Å². The molecule has 2 saturated heterocycles. The standard InChI is InChI=1S/C15H26O2S/c1-3-11(4-2)8-15(16)12-9-13-6-5-7-14(10-12)18(13)17/h11-14H,3-10H2,1-2H3. The normalized spacial score (nSPS) is 35.7. The molecule has 0 spiro atoms. The quantitative estimate of drug-likeness (QED) is 0.766.